The predicted molar refractivity (Wildman–Crippen MR) is 71.7 cm³/mol. The summed E-state index contributed by atoms with van der Waals surface area (Å²) in [5.74, 6) is 1.12. The Kier molecular flexibility index (Phi) is 6.27. The van der Waals surface area contributed by atoms with E-state index in [1.54, 1.807) is 0 Å². The Morgan fingerprint density at radius 2 is 1.69 bits per heavy atom. The topological polar surface area (TPSA) is 15.6 Å². The number of hydrogen-bond donors (Lipinski definition) is 0. The molecule has 0 spiro atoms. The molecule has 4 heteroatoms. The van der Waals surface area contributed by atoms with Gasteiger partial charge < -0.3 is 0 Å². The van der Waals surface area contributed by atoms with Crippen LogP contribution in [0.4, 0.5) is 0 Å². The van der Waals surface area contributed by atoms with Crippen molar-refractivity contribution in [3.63, 3.8) is 0 Å². The van der Waals surface area contributed by atoms with Crippen LogP contribution in [0, 0.1) is 0 Å². The van der Waals surface area contributed by atoms with Crippen LogP contribution in [-0.4, -0.2) is 35.6 Å². The largest absolute Gasteiger partial charge is 0.294 e. The van der Waals surface area contributed by atoms with Crippen molar-refractivity contribution in [1.29, 1.82) is 0 Å². The summed E-state index contributed by atoms with van der Waals surface area (Å²) in [5.41, 5.74) is 2.10. The van der Waals surface area contributed by atoms with Crippen molar-refractivity contribution in [3.8, 4) is 0 Å². The first kappa shape index (κ1) is 13.3. The highest BCUT2D eigenvalue weighted by Gasteiger charge is 2.01. The van der Waals surface area contributed by atoms with Crippen molar-refractivity contribution in [2.24, 2.45) is 5.10 Å². The second-order valence-corrected chi connectivity index (χ2v) is 4.14. The molecule has 1 aromatic carbocycles. The van der Waals surface area contributed by atoms with Gasteiger partial charge in [-0.2, -0.15) is 5.10 Å². The second kappa shape index (κ2) is 7.53. The van der Waals surface area contributed by atoms with Crippen LogP contribution in [0.5, 0.6) is 0 Å². The zero-order chi connectivity index (χ0) is 11.8. The molecule has 0 aliphatic rings. The van der Waals surface area contributed by atoms with Crippen molar-refractivity contribution >= 4 is 28.9 Å². The van der Waals surface area contributed by atoms with E-state index in [1.807, 2.05) is 42.3 Å². The van der Waals surface area contributed by atoms with Gasteiger partial charge in [-0.3, -0.25) is 5.01 Å². The molecule has 0 amide bonds. The molecular formula is C12H16Cl2N2. The molecule has 16 heavy (non-hydrogen) atoms. The number of rotatable bonds is 6. The van der Waals surface area contributed by atoms with Crippen LogP contribution in [0.15, 0.2) is 35.4 Å². The summed E-state index contributed by atoms with van der Waals surface area (Å²) in [4.78, 5) is 0. The number of hydrazone groups is 1. The lowest BCUT2D eigenvalue weighted by atomic mass is 10.1. The summed E-state index contributed by atoms with van der Waals surface area (Å²) in [7, 11) is 0. The molecule has 2 nitrogen and oxygen atoms in total. The van der Waals surface area contributed by atoms with Gasteiger partial charge in [-0.25, -0.2) is 0 Å². The minimum Gasteiger partial charge on any atom is -0.294 e. The number of hydrogen-bond acceptors (Lipinski definition) is 2. The van der Waals surface area contributed by atoms with Crippen LogP contribution >= 0.6 is 23.2 Å². The van der Waals surface area contributed by atoms with E-state index >= 15 is 0 Å². The van der Waals surface area contributed by atoms with E-state index < -0.39 is 0 Å². The molecule has 0 fully saturated rings. The number of benzene rings is 1. The maximum absolute atomic E-state index is 5.71. The van der Waals surface area contributed by atoms with Gasteiger partial charge in [0.2, 0.25) is 0 Å². The molecule has 0 saturated carbocycles. The van der Waals surface area contributed by atoms with Gasteiger partial charge in [0.25, 0.3) is 0 Å². The average Bonchev–Trinajstić information content (AvgIpc) is 2.31. The van der Waals surface area contributed by atoms with Gasteiger partial charge in [0.1, 0.15) is 0 Å². The summed E-state index contributed by atoms with van der Waals surface area (Å²) in [6, 6.07) is 10.1. The molecule has 0 atom stereocenters. The van der Waals surface area contributed by atoms with Crippen molar-refractivity contribution in [2.75, 3.05) is 24.8 Å². The summed E-state index contributed by atoms with van der Waals surface area (Å²) in [6.07, 6.45) is 0. The van der Waals surface area contributed by atoms with Gasteiger partial charge in [0, 0.05) is 24.8 Å². The number of nitrogens with zero attached hydrogens (tertiary/aromatic N) is 2. The first-order valence-electron chi connectivity index (χ1n) is 5.25. The molecule has 0 radical (unpaired) electrons. The van der Waals surface area contributed by atoms with Gasteiger partial charge in [-0.1, -0.05) is 30.3 Å². The minimum absolute atomic E-state index is 0.558. The first-order chi connectivity index (χ1) is 7.77. The van der Waals surface area contributed by atoms with Crippen LogP contribution in [0.1, 0.15) is 12.5 Å². The Labute approximate surface area is 107 Å². The maximum Gasteiger partial charge on any atom is 0.0646 e. The third-order valence-corrected chi connectivity index (χ3v) is 2.51. The lowest BCUT2D eigenvalue weighted by Crippen LogP contribution is -2.23. The van der Waals surface area contributed by atoms with E-state index in [4.69, 9.17) is 23.2 Å². The van der Waals surface area contributed by atoms with Crippen LogP contribution in [0.2, 0.25) is 0 Å². The van der Waals surface area contributed by atoms with E-state index in [0.717, 1.165) is 24.4 Å². The third kappa shape index (κ3) is 4.42. The Morgan fingerprint density at radius 1 is 1.12 bits per heavy atom. The fraction of sp³-hybridized carbons (Fsp3) is 0.417. The highest BCUT2D eigenvalue weighted by atomic mass is 35.5. The van der Waals surface area contributed by atoms with Crippen molar-refractivity contribution < 1.29 is 0 Å². The molecule has 1 rings (SSSR count). The van der Waals surface area contributed by atoms with Crippen LogP contribution in [0.3, 0.4) is 0 Å². The minimum atomic E-state index is 0.558. The van der Waals surface area contributed by atoms with Crippen LogP contribution < -0.4 is 0 Å². The smallest absolute Gasteiger partial charge is 0.0646 e. The Hall–Kier alpha value is -0.730. The van der Waals surface area contributed by atoms with Crippen molar-refractivity contribution in [2.45, 2.75) is 6.92 Å². The third-order valence-electron chi connectivity index (χ3n) is 2.17. The van der Waals surface area contributed by atoms with E-state index in [9.17, 15) is 0 Å². The Bertz CT molecular complexity index is 319. The molecule has 0 aromatic heterocycles. The Balaban J connectivity index is 2.72. The number of alkyl halides is 2. The average molecular weight is 259 g/mol. The monoisotopic (exact) mass is 258 g/mol. The SMILES string of the molecule is C/C(=N\N(CCCl)CCCl)c1ccccc1. The maximum atomic E-state index is 5.71. The summed E-state index contributed by atoms with van der Waals surface area (Å²) in [6.45, 7) is 3.43. The molecule has 88 valence electrons. The molecule has 0 saturated heterocycles. The summed E-state index contributed by atoms with van der Waals surface area (Å²) < 4.78 is 0. The summed E-state index contributed by atoms with van der Waals surface area (Å²) >= 11 is 11.4. The molecule has 0 bridgehead atoms. The highest BCUT2D eigenvalue weighted by Crippen LogP contribution is 2.03. The van der Waals surface area contributed by atoms with E-state index in [2.05, 4.69) is 5.10 Å². The quantitative estimate of drug-likeness (QED) is 0.435. The Morgan fingerprint density at radius 3 is 2.19 bits per heavy atom. The van der Waals surface area contributed by atoms with Gasteiger partial charge >= 0.3 is 0 Å². The van der Waals surface area contributed by atoms with E-state index in [1.165, 1.54) is 0 Å². The fourth-order valence-corrected chi connectivity index (χ4v) is 1.75. The fourth-order valence-electron chi connectivity index (χ4n) is 1.36. The second-order valence-electron chi connectivity index (χ2n) is 3.38. The van der Waals surface area contributed by atoms with Gasteiger partial charge in [0.05, 0.1) is 5.71 Å². The molecule has 0 heterocycles. The predicted octanol–water partition coefficient (Wildman–Crippen LogP) is 3.19. The normalized spacial score (nSPS) is 11.6. The lowest BCUT2D eigenvalue weighted by Gasteiger charge is -2.17. The molecule has 0 aliphatic heterocycles. The van der Waals surface area contributed by atoms with Crippen LogP contribution in [-0.2, 0) is 0 Å². The van der Waals surface area contributed by atoms with Crippen molar-refractivity contribution in [1.82, 2.24) is 5.01 Å². The van der Waals surface area contributed by atoms with E-state index in [0.29, 0.717) is 11.8 Å². The first-order valence-corrected chi connectivity index (χ1v) is 6.32. The van der Waals surface area contributed by atoms with Gasteiger partial charge in [-0.05, 0) is 12.5 Å². The summed E-state index contributed by atoms with van der Waals surface area (Å²) in [5, 5.41) is 6.41. The van der Waals surface area contributed by atoms with Gasteiger partial charge in [-0.15, -0.1) is 23.2 Å². The molecule has 0 unspecified atom stereocenters. The zero-order valence-corrected chi connectivity index (χ0v) is 10.9. The van der Waals surface area contributed by atoms with E-state index in [-0.39, 0.29) is 0 Å². The standard InChI is InChI=1S/C12H16Cl2N2/c1-11(12-5-3-2-4-6-12)15-16(9-7-13)10-8-14/h2-6H,7-10H2,1H3/b15-11+. The highest BCUT2D eigenvalue weighted by molar-refractivity contribution is 6.18. The molecule has 0 N–H and O–H groups in total. The van der Waals surface area contributed by atoms with Crippen molar-refractivity contribution in [3.05, 3.63) is 35.9 Å². The van der Waals surface area contributed by atoms with Crippen LogP contribution in [0.25, 0.3) is 0 Å². The zero-order valence-electron chi connectivity index (χ0n) is 9.37. The number of halogens is 2. The molecule has 0 aliphatic carbocycles. The molecular weight excluding hydrogens is 243 g/mol. The molecule has 1 aromatic rings. The lowest BCUT2D eigenvalue weighted by molar-refractivity contribution is 0.325. The van der Waals surface area contributed by atoms with Gasteiger partial charge in [0.15, 0.2) is 0 Å².